The zero-order chi connectivity index (χ0) is 12.5. The molecular weight excluding hydrogens is 214 g/mol. The van der Waals surface area contributed by atoms with Crippen LogP contribution >= 0.6 is 0 Å². The number of rotatable bonds is 6. The highest BCUT2D eigenvalue weighted by atomic mass is 16.5. The van der Waals surface area contributed by atoms with Gasteiger partial charge in [0, 0.05) is 12.5 Å². The molecule has 3 nitrogen and oxygen atoms in total. The molecule has 0 saturated heterocycles. The fourth-order valence-electron chi connectivity index (χ4n) is 1.50. The van der Waals surface area contributed by atoms with Gasteiger partial charge < -0.3 is 15.2 Å². The first-order valence-electron chi connectivity index (χ1n) is 5.71. The molecule has 0 aromatic heterocycles. The van der Waals surface area contributed by atoms with Gasteiger partial charge >= 0.3 is 0 Å². The van der Waals surface area contributed by atoms with Gasteiger partial charge in [0.2, 0.25) is 0 Å². The monoisotopic (exact) mass is 233 g/mol. The highest BCUT2D eigenvalue weighted by Gasteiger charge is 2.04. The largest absolute Gasteiger partial charge is 0.497 e. The number of hydrogen-bond acceptors (Lipinski definition) is 3. The molecule has 0 unspecified atom stereocenters. The minimum atomic E-state index is 0.589. The summed E-state index contributed by atoms with van der Waals surface area (Å²) in [5, 5.41) is 0. The fourth-order valence-corrected chi connectivity index (χ4v) is 1.50. The van der Waals surface area contributed by atoms with Gasteiger partial charge in [-0.05, 0) is 31.5 Å². The molecule has 0 spiro atoms. The van der Waals surface area contributed by atoms with Crippen molar-refractivity contribution in [2.45, 2.75) is 19.8 Å². The molecule has 0 bridgehead atoms. The Kier molecular flexibility index (Phi) is 5.98. The maximum atomic E-state index is 5.70. The molecule has 17 heavy (non-hydrogen) atoms. The Balaban J connectivity index is 2.72. The summed E-state index contributed by atoms with van der Waals surface area (Å²) in [7, 11) is 1.64. The Bertz CT molecular complexity index is 404. The number of methoxy groups -OCH3 is 1. The van der Waals surface area contributed by atoms with Gasteiger partial charge in [-0.2, -0.15) is 0 Å². The number of ether oxygens (including phenoxy) is 2. The number of hydrogen-bond donors (Lipinski definition) is 1. The van der Waals surface area contributed by atoms with Crippen molar-refractivity contribution in [2.24, 2.45) is 5.73 Å². The molecular formula is C14H19NO2. The molecule has 0 atom stereocenters. The molecule has 1 aromatic carbocycles. The third-order valence-electron chi connectivity index (χ3n) is 2.35. The molecule has 0 heterocycles. The average molecular weight is 233 g/mol. The molecule has 2 N–H and O–H groups in total. The lowest BCUT2D eigenvalue weighted by Gasteiger charge is -2.11. The highest BCUT2D eigenvalue weighted by Crippen LogP contribution is 2.25. The maximum Gasteiger partial charge on any atom is 0.126 e. The van der Waals surface area contributed by atoms with Crippen LogP contribution in [0.25, 0.3) is 0 Å². The van der Waals surface area contributed by atoms with Crippen molar-refractivity contribution in [3.8, 4) is 23.3 Å². The van der Waals surface area contributed by atoms with Crippen LogP contribution < -0.4 is 15.2 Å². The zero-order valence-electron chi connectivity index (χ0n) is 10.5. The van der Waals surface area contributed by atoms with E-state index in [1.54, 1.807) is 7.11 Å². The smallest absolute Gasteiger partial charge is 0.126 e. The van der Waals surface area contributed by atoms with Gasteiger partial charge in [-0.25, -0.2) is 0 Å². The second-order valence-electron chi connectivity index (χ2n) is 3.54. The van der Waals surface area contributed by atoms with E-state index in [1.807, 2.05) is 25.1 Å². The van der Waals surface area contributed by atoms with Crippen LogP contribution in [-0.2, 0) is 6.42 Å². The summed E-state index contributed by atoms with van der Waals surface area (Å²) in [6.45, 7) is 3.02. The van der Waals surface area contributed by atoms with Crippen molar-refractivity contribution >= 4 is 0 Å². The van der Waals surface area contributed by atoms with E-state index in [2.05, 4.69) is 11.8 Å². The predicted molar refractivity (Wildman–Crippen MR) is 69.3 cm³/mol. The van der Waals surface area contributed by atoms with Crippen molar-refractivity contribution in [2.75, 3.05) is 20.3 Å². The van der Waals surface area contributed by atoms with E-state index < -0.39 is 0 Å². The van der Waals surface area contributed by atoms with Gasteiger partial charge in [0.1, 0.15) is 11.5 Å². The average Bonchev–Trinajstić information content (AvgIpc) is 2.36. The lowest BCUT2D eigenvalue weighted by molar-refractivity contribution is 0.320. The normalized spacial score (nSPS) is 9.35. The van der Waals surface area contributed by atoms with Crippen LogP contribution in [0.3, 0.4) is 0 Å². The van der Waals surface area contributed by atoms with Gasteiger partial charge in [0.05, 0.1) is 13.7 Å². The molecule has 0 fully saturated rings. The molecule has 0 aliphatic rings. The van der Waals surface area contributed by atoms with E-state index in [9.17, 15) is 0 Å². The molecule has 92 valence electrons. The summed E-state index contributed by atoms with van der Waals surface area (Å²) in [5.41, 5.74) is 6.68. The lowest BCUT2D eigenvalue weighted by Crippen LogP contribution is -2.06. The minimum Gasteiger partial charge on any atom is -0.497 e. The van der Waals surface area contributed by atoms with Crippen LogP contribution in [0, 0.1) is 11.8 Å². The van der Waals surface area contributed by atoms with Crippen molar-refractivity contribution in [3.63, 3.8) is 0 Å². The predicted octanol–water partition coefficient (Wildman–Crippen LogP) is 1.99. The molecule has 0 saturated carbocycles. The Hall–Kier alpha value is -1.66. The molecule has 0 aliphatic heterocycles. The van der Waals surface area contributed by atoms with Gasteiger partial charge in [-0.1, -0.05) is 6.07 Å². The number of benzene rings is 1. The third kappa shape index (κ3) is 4.38. The third-order valence-corrected chi connectivity index (χ3v) is 2.35. The summed E-state index contributed by atoms with van der Waals surface area (Å²) >= 11 is 0. The summed E-state index contributed by atoms with van der Waals surface area (Å²) < 4.78 is 10.9. The molecule has 0 radical (unpaired) electrons. The first-order valence-corrected chi connectivity index (χ1v) is 5.71. The quantitative estimate of drug-likeness (QED) is 0.603. The van der Waals surface area contributed by atoms with E-state index in [4.69, 9.17) is 15.2 Å². The standard InChI is InChI=1S/C14H19NO2/c1-3-4-5-10-17-14-11-13(16-2)7-6-12(14)8-9-15/h6-7,11H,5,8-10,15H2,1-2H3. The van der Waals surface area contributed by atoms with Crippen molar-refractivity contribution in [3.05, 3.63) is 23.8 Å². The van der Waals surface area contributed by atoms with Crippen LogP contribution in [0.4, 0.5) is 0 Å². The fraction of sp³-hybridized carbons (Fsp3) is 0.429. The lowest BCUT2D eigenvalue weighted by atomic mass is 10.1. The van der Waals surface area contributed by atoms with Crippen molar-refractivity contribution in [1.82, 2.24) is 0 Å². The van der Waals surface area contributed by atoms with E-state index in [0.29, 0.717) is 13.2 Å². The molecule has 0 amide bonds. The van der Waals surface area contributed by atoms with Gasteiger partial charge in [0.15, 0.2) is 0 Å². The first kappa shape index (κ1) is 13.4. The van der Waals surface area contributed by atoms with E-state index in [0.717, 1.165) is 29.9 Å². The molecule has 3 heteroatoms. The van der Waals surface area contributed by atoms with Crippen LogP contribution in [0.5, 0.6) is 11.5 Å². The Morgan fingerprint density at radius 2 is 2.18 bits per heavy atom. The van der Waals surface area contributed by atoms with Gasteiger partial charge in [0.25, 0.3) is 0 Å². The van der Waals surface area contributed by atoms with Crippen LogP contribution in [0.15, 0.2) is 18.2 Å². The van der Waals surface area contributed by atoms with Crippen LogP contribution in [0.2, 0.25) is 0 Å². The Morgan fingerprint density at radius 1 is 1.35 bits per heavy atom. The molecule has 1 aromatic rings. The maximum absolute atomic E-state index is 5.70. The van der Waals surface area contributed by atoms with E-state index in [-0.39, 0.29) is 0 Å². The van der Waals surface area contributed by atoms with E-state index >= 15 is 0 Å². The van der Waals surface area contributed by atoms with Crippen LogP contribution in [0.1, 0.15) is 18.9 Å². The minimum absolute atomic E-state index is 0.589. The summed E-state index contributed by atoms with van der Waals surface area (Å²) in [6, 6.07) is 5.81. The summed E-state index contributed by atoms with van der Waals surface area (Å²) in [4.78, 5) is 0. The summed E-state index contributed by atoms with van der Waals surface area (Å²) in [6.07, 6.45) is 1.54. The Morgan fingerprint density at radius 3 is 2.82 bits per heavy atom. The van der Waals surface area contributed by atoms with Crippen molar-refractivity contribution in [1.29, 1.82) is 0 Å². The first-order chi connectivity index (χ1) is 8.31. The van der Waals surface area contributed by atoms with Crippen molar-refractivity contribution < 1.29 is 9.47 Å². The highest BCUT2D eigenvalue weighted by molar-refractivity contribution is 5.41. The second-order valence-corrected chi connectivity index (χ2v) is 3.54. The second kappa shape index (κ2) is 7.59. The van der Waals surface area contributed by atoms with Gasteiger partial charge in [-0.15, -0.1) is 11.8 Å². The molecule has 0 aliphatic carbocycles. The zero-order valence-corrected chi connectivity index (χ0v) is 10.5. The topological polar surface area (TPSA) is 44.5 Å². The molecule has 1 rings (SSSR count). The number of nitrogens with two attached hydrogens (primary N) is 1. The SMILES string of the molecule is CC#CCCOc1cc(OC)ccc1CCN. The summed E-state index contributed by atoms with van der Waals surface area (Å²) in [5.74, 6) is 7.44. The Labute approximate surface area is 103 Å². The van der Waals surface area contributed by atoms with Crippen LogP contribution in [-0.4, -0.2) is 20.3 Å². The van der Waals surface area contributed by atoms with Gasteiger partial charge in [-0.3, -0.25) is 0 Å². The van der Waals surface area contributed by atoms with E-state index in [1.165, 1.54) is 0 Å².